The molecule has 1 heterocycles. The number of ether oxygens (including phenoxy) is 2. The van der Waals surface area contributed by atoms with E-state index < -0.39 is 42.0 Å². The van der Waals surface area contributed by atoms with Crippen molar-refractivity contribution in [2.75, 3.05) is 13.2 Å². The molecule has 146 valence electrons. The molecule has 0 aromatic rings. The number of cyclic esters (lactones) is 1. The van der Waals surface area contributed by atoms with Crippen LogP contribution in [-0.4, -0.2) is 47.4 Å². The minimum absolute atomic E-state index is 0.100. The highest BCUT2D eigenvalue weighted by molar-refractivity contribution is 5.90. The SMILES string of the molecule is C=CCC12COC(=O)C(=C)C1CC(C(=C)C(=O)O)C(OC(=O)C(=C)CO)C2. The summed E-state index contributed by atoms with van der Waals surface area (Å²) >= 11 is 0. The molecule has 27 heavy (non-hydrogen) atoms. The van der Waals surface area contributed by atoms with E-state index in [0.717, 1.165) is 0 Å². The van der Waals surface area contributed by atoms with Crippen LogP contribution in [0.5, 0.6) is 0 Å². The highest BCUT2D eigenvalue weighted by atomic mass is 16.5. The first-order valence-corrected chi connectivity index (χ1v) is 8.55. The Morgan fingerprint density at radius 3 is 2.59 bits per heavy atom. The molecule has 2 rings (SSSR count). The summed E-state index contributed by atoms with van der Waals surface area (Å²) in [5.74, 6) is -3.56. The van der Waals surface area contributed by atoms with Crippen LogP contribution < -0.4 is 0 Å². The van der Waals surface area contributed by atoms with E-state index in [1.165, 1.54) is 0 Å². The van der Waals surface area contributed by atoms with Crippen molar-refractivity contribution in [1.82, 2.24) is 0 Å². The van der Waals surface area contributed by atoms with Crippen molar-refractivity contribution >= 4 is 17.9 Å². The lowest BCUT2D eigenvalue weighted by Gasteiger charge is -2.51. The molecule has 1 saturated heterocycles. The van der Waals surface area contributed by atoms with Crippen molar-refractivity contribution in [3.63, 3.8) is 0 Å². The average molecular weight is 376 g/mol. The molecule has 4 unspecified atom stereocenters. The number of rotatable bonds is 7. The molecule has 7 heteroatoms. The first-order chi connectivity index (χ1) is 12.7. The highest BCUT2D eigenvalue weighted by Gasteiger charge is 2.54. The summed E-state index contributed by atoms with van der Waals surface area (Å²) in [7, 11) is 0. The van der Waals surface area contributed by atoms with E-state index in [1.807, 2.05) is 0 Å². The highest BCUT2D eigenvalue weighted by Crippen LogP contribution is 2.53. The summed E-state index contributed by atoms with van der Waals surface area (Å²) in [6.45, 7) is 14.2. The third-order valence-corrected chi connectivity index (χ3v) is 5.47. The normalized spacial score (nSPS) is 29.9. The van der Waals surface area contributed by atoms with Gasteiger partial charge in [-0.1, -0.05) is 25.8 Å². The molecule has 0 spiro atoms. The number of carboxylic acids is 1. The van der Waals surface area contributed by atoms with Gasteiger partial charge >= 0.3 is 17.9 Å². The van der Waals surface area contributed by atoms with Crippen LogP contribution in [0.15, 0.2) is 49.1 Å². The van der Waals surface area contributed by atoms with Crippen LogP contribution in [0, 0.1) is 17.3 Å². The first-order valence-electron chi connectivity index (χ1n) is 8.55. The zero-order valence-electron chi connectivity index (χ0n) is 15.1. The maximum absolute atomic E-state index is 12.1. The van der Waals surface area contributed by atoms with Crippen LogP contribution in [0.4, 0.5) is 0 Å². The fourth-order valence-electron chi connectivity index (χ4n) is 3.96. The van der Waals surface area contributed by atoms with Gasteiger partial charge in [0.25, 0.3) is 0 Å². The summed E-state index contributed by atoms with van der Waals surface area (Å²) in [4.78, 5) is 35.6. The Labute approximate surface area is 157 Å². The second kappa shape index (κ2) is 7.92. The van der Waals surface area contributed by atoms with Crippen molar-refractivity contribution < 1.29 is 34.1 Å². The van der Waals surface area contributed by atoms with Crippen molar-refractivity contribution in [3.05, 3.63) is 49.1 Å². The molecule has 1 saturated carbocycles. The maximum Gasteiger partial charge on any atom is 0.336 e. The molecular formula is C20H24O7. The van der Waals surface area contributed by atoms with Gasteiger partial charge < -0.3 is 19.7 Å². The molecular weight excluding hydrogens is 352 g/mol. The van der Waals surface area contributed by atoms with E-state index in [1.54, 1.807) is 6.08 Å². The molecule has 1 aliphatic heterocycles. The molecule has 2 N–H and O–H groups in total. The van der Waals surface area contributed by atoms with Crippen LogP contribution in [0.2, 0.25) is 0 Å². The van der Waals surface area contributed by atoms with Crippen LogP contribution in [0.3, 0.4) is 0 Å². The topological polar surface area (TPSA) is 110 Å². The van der Waals surface area contributed by atoms with Crippen LogP contribution in [-0.2, 0) is 23.9 Å². The lowest BCUT2D eigenvalue weighted by Crippen LogP contribution is -2.52. The van der Waals surface area contributed by atoms with Gasteiger partial charge in [0.15, 0.2) is 0 Å². The summed E-state index contributed by atoms with van der Waals surface area (Å²) in [6.07, 6.45) is 1.83. The molecule has 2 aliphatic rings. The largest absolute Gasteiger partial charge is 0.478 e. The van der Waals surface area contributed by atoms with Gasteiger partial charge in [0.2, 0.25) is 0 Å². The fraction of sp³-hybridized carbons (Fsp3) is 0.450. The van der Waals surface area contributed by atoms with E-state index >= 15 is 0 Å². The molecule has 1 aliphatic carbocycles. The number of carbonyl (C=O) groups excluding carboxylic acids is 2. The number of aliphatic hydroxyl groups is 1. The molecule has 0 bridgehead atoms. The molecule has 0 aromatic heterocycles. The predicted molar refractivity (Wildman–Crippen MR) is 96.4 cm³/mol. The van der Waals surface area contributed by atoms with E-state index in [4.69, 9.17) is 14.6 Å². The van der Waals surface area contributed by atoms with Crippen molar-refractivity contribution in [2.45, 2.75) is 25.4 Å². The first kappa shape index (κ1) is 20.6. The summed E-state index contributed by atoms with van der Waals surface area (Å²) in [6, 6.07) is 0. The third-order valence-electron chi connectivity index (χ3n) is 5.47. The smallest absolute Gasteiger partial charge is 0.336 e. The van der Waals surface area contributed by atoms with Crippen LogP contribution in [0.25, 0.3) is 0 Å². The Morgan fingerprint density at radius 2 is 2.04 bits per heavy atom. The van der Waals surface area contributed by atoms with Crippen molar-refractivity contribution in [3.8, 4) is 0 Å². The predicted octanol–water partition coefficient (Wildman–Crippen LogP) is 1.79. The number of carboxylic acid groups (broad SMARTS) is 1. The van der Waals surface area contributed by atoms with Crippen LogP contribution >= 0.6 is 0 Å². The maximum atomic E-state index is 12.1. The van der Waals surface area contributed by atoms with Crippen LogP contribution in [0.1, 0.15) is 19.3 Å². The number of esters is 2. The van der Waals surface area contributed by atoms with E-state index in [9.17, 15) is 19.5 Å². The Hall–Kier alpha value is -2.67. The summed E-state index contributed by atoms with van der Waals surface area (Å²) < 4.78 is 10.7. The molecule has 0 aromatic carbocycles. The van der Waals surface area contributed by atoms with Gasteiger partial charge in [-0.05, 0) is 19.3 Å². The molecule has 4 atom stereocenters. The monoisotopic (exact) mass is 376 g/mol. The minimum Gasteiger partial charge on any atom is -0.478 e. The number of fused-ring (bicyclic) bond motifs is 1. The van der Waals surface area contributed by atoms with Crippen molar-refractivity contribution in [1.29, 1.82) is 0 Å². The summed E-state index contributed by atoms with van der Waals surface area (Å²) in [5, 5.41) is 18.5. The third kappa shape index (κ3) is 3.88. The van der Waals surface area contributed by atoms with E-state index in [2.05, 4.69) is 26.3 Å². The Kier molecular flexibility index (Phi) is 6.05. The number of carbonyl (C=O) groups is 3. The summed E-state index contributed by atoms with van der Waals surface area (Å²) in [5.41, 5.74) is -0.556. The lowest BCUT2D eigenvalue weighted by atomic mass is 9.57. The van der Waals surface area contributed by atoms with Gasteiger partial charge in [0, 0.05) is 28.4 Å². The minimum atomic E-state index is -1.21. The van der Waals surface area contributed by atoms with E-state index in [-0.39, 0.29) is 42.1 Å². The number of aliphatic carboxylic acids is 1. The van der Waals surface area contributed by atoms with Gasteiger partial charge in [-0.25, -0.2) is 14.4 Å². The quantitative estimate of drug-likeness (QED) is 0.396. The lowest BCUT2D eigenvalue weighted by molar-refractivity contribution is -0.168. The van der Waals surface area contributed by atoms with Gasteiger partial charge in [0.05, 0.1) is 18.8 Å². The number of hydrogen-bond acceptors (Lipinski definition) is 6. The second-order valence-electron chi connectivity index (χ2n) is 7.09. The second-order valence-corrected chi connectivity index (χ2v) is 7.09. The molecule has 0 radical (unpaired) electrons. The number of allylic oxidation sites excluding steroid dienone is 1. The molecule has 0 amide bonds. The number of hydrogen-bond donors (Lipinski definition) is 2. The molecule has 7 nitrogen and oxygen atoms in total. The fourth-order valence-corrected chi connectivity index (χ4v) is 3.96. The van der Waals surface area contributed by atoms with Crippen molar-refractivity contribution in [2.24, 2.45) is 17.3 Å². The average Bonchev–Trinajstić information content (AvgIpc) is 2.63. The zero-order valence-corrected chi connectivity index (χ0v) is 15.1. The molecule has 2 fully saturated rings. The Morgan fingerprint density at radius 1 is 1.37 bits per heavy atom. The van der Waals surface area contributed by atoms with Gasteiger partial charge in [0.1, 0.15) is 6.10 Å². The van der Waals surface area contributed by atoms with E-state index in [0.29, 0.717) is 6.42 Å². The number of aliphatic hydroxyl groups excluding tert-OH is 1. The van der Waals surface area contributed by atoms with Gasteiger partial charge in [-0.3, -0.25) is 0 Å². The Balaban J connectivity index is 2.41. The van der Waals surface area contributed by atoms with Gasteiger partial charge in [-0.2, -0.15) is 0 Å². The Bertz CT molecular complexity index is 720. The van der Waals surface area contributed by atoms with Gasteiger partial charge in [-0.15, -0.1) is 6.58 Å². The zero-order chi connectivity index (χ0) is 20.4. The standard InChI is InChI=1S/C20H24O7/c1-5-6-20-8-16(27-18(24)11(2)9-21)14(12(3)17(22)23)7-15(20)13(4)19(25)26-10-20/h5,14-16,21H,1-4,6-10H2,(H,22,23).